The molecule has 0 saturated carbocycles. The van der Waals surface area contributed by atoms with Gasteiger partial charge in [-0.3, -0.25) is 9.69 Å². The van der Waals surface area contributed by atoms with Crippen LogP contribution < -0.4 is 5.32 Å². The van der Waals surface area contributed by atoms with Crippen LogP contribution in [0.4, 0.5) is 9.59 Å². The lowest BCUT2D eigenvalue weighted by Gasteiger charge is -2.29. The highest BCUT2D eigenvalue weighted by Gasteiger charge is 2.41. The number of hydrogen-bond acceptors (Lipinski definition) is 7. The molecule has 12 nitrogen and oxygen atoms in total. The van der Waals surface area contributed by atoms with Gasteiger partial charge in [-0.25, -0.2) is 19.6 Å². The third-order valence-electron chi connectivity index (χ3n) is 11.6. The van der Waals surface area contributed by atoms with E-state index in [1.54, 1.807) is 0 Å². The zero-order chi connectivity index (χ0) is 42.1. The van der Waals surface area contributed by atoms with Crippen molar-refractivity contribution in [3.8, 4) is 33.6 Å². The molecule has 2 saturated heterocycles. The molecule has 2 aromatic heterocycles. The molecule has 0 bridgehead atoms. The highest BCUT2D eigenvalue weighted by Crippen LogP contribution is 2.41. The molecule has 3 N–H and O–H groups in total. The lowest BCUT2D eigenvalue weighted by atomic mass is 9.96. The summed E-state index contributed by atoms with van der Waals surface area (Å²) in [7, 11) is 1.30. The van der Waals surface area contributed by atoms with Crippen molar-refractivity contribution < 1.29 is 23.9 Å². The number of benzene rings is 4. The van der Waals surface area contributed by atoms with E-state index >= 15 is 0 Å². The molecule has 310 valence electrons. The predicted molar refractivity (Wildman–Crippen MR) is 232 cm³/mol. The van der Waals surface area contributed by atoms with E-state index in [4.69, 9.17) is 19.4 Å². The minimum absolute atomic E-state index is 0.101. The molecule has 2 aliphatic heterocycles. The van der Waals surface area contributed by atoms with E-state index in [2.05, 4.69) is 88.1 Å². The van der Waals surface area contributed by atoms with Crippen LogP contribution in [0.1, 0.15) is 89.1 Å². The van der Waals surface area contributed by atoms with Crippen LogP contribution in [0.2, 0.25) is 0 Å². The minimum atomic E-state index is -0.684. The molecule has 4 atom stereocenters. The SMILES string of the molecule is COC(=O)NC(C(=O)N1CCCC1c1nc(-c2ccc3cc(-c4ccc(-c5cnc(C6CC(c7ccccc7)CN6C(=O)OC(C)(C)C)[nH]5)cc4)ccc3c2)c[nH]1)C(C)C. The topological polar surface area (TPSA) is 146 Å². The van der Waals surface area contributed by atoms with Crippen molar-refractivity contribution in [3.63, 3.8) is 0 Å². The number of ether oxygens (including phenoxy) is 2. The Bertz CT molecular complexity index is 2490. The second-order valence-corrected chi connectivity index (χ2v) is 17.2. The number of aromatic amines is 2. The van der Waals surface area contributed by atoms with Crippen molar-refractivity contribution in [2.45, 2.75) is 83.5 Å². The maximum absolute atomic E-state index is 13.6. The molecule has 4 unspecified atom stereocenters. The average molecular weight is 808 g/mol. The number of aromatic nitrogens is 4. The standard InChI is InChI=1S/C48H53N7O5/c1-29(2)42(53-46(57)59-6)45(56)54-22-10-13-40(54)43-49-27-39(52-43)36-21-20-34-23-33(18-19-35(34)24-36)31-14-16-32(17-15-31)38-26-50-44(51-38)41-25-37(30-11-8-7-9-12-30)28-55(41)47(58)60-48(3,4)5/h7-9,11-12,14-21,23-24,26-27,29,37,40-42H,10,13,22,25,28H2,1-6H3,(H,49,52)(H,50,51)(H,53,57). The monoisotopic (exact) mass is 807 g/mol. The highest BCUT2D eigenvalue weighted by atomic mass is 16.6. The molecule has 0 aliphatic carbocycles. The fourth-order valence-electron chi connectivity index (χ4n) is 8.51. The van der Waals surface area contributed by atoms with E-state index in [1.807, 2.05) is 75.0 Å². The van der Waals surface area contributed by atoms with E-state index < -0.39 is 17.7 Å². The number of nitrogens with one attached hydrogen (secondary N) is 3. The number of likely N-dealkylation sites (tertiary alicyclic amines) is 2. The number of amides is 3. The van der Waals surface area contributed by atoms with Crippen LogP contribution in [0.25, 0.3) is 44.4 Å². The molecule has 6 aromatic rings. The summed E-state index contributed by atoms with van der Waals surface area (Å²) in [5, 5.41) is 4.91. The summed E-state index contributed by atoms with van der Waals surface area (Å²) in [6.07, 6.45) is 5.19. The van der Waals surface area contributed by atoms with E-state index in [1.165, 1.54) is 12.7 Å². The molecule has 60 heavy (non-hydrogen) atoms. The number of carbonyl (C=O) groups excluding carboxylic acids is 3. The van der Waals surface area contributed by atoms with Gasteiger partial charge in [-0.2, -0.15) is 0 Å². The van der Waals surface area contributed by atoms with Crippen molar-refractivity contribution in [2.24, 2.45) is 5.92 Å². The third kappa shape index (κ3) is 8.50. The lowest BCUT2D eigenvalue weighted by Crippen LogP contribution is -2.51. The molecule has 4 aromatic carbocycles. The second-order valence-electron chi connectivity index (χ2n) is 17.2. The summed E-state index contributed by atoms with van der Waals surface area (Å²) in [6, 6.07) is 30.4. The number of H-pyrrole nitrogens is 2. The van der Waals surface area contributed by atoms with Crippen LogP contribution in [0.15, 0.2) is 103 Å². The van der Waals surface area contributed by atoms with Crippen LogP contribution in [0, 0.1) is 5.92 Å². The lowest BCUT2D eigenvalue weighted by molar-refractivity contribution is -0.135. The summed E-state index contributed by atoms with van der Waals surface area (Å²) in [4.78, 5) is 59.2. The Hall–Kier alpha value is -6.43. The number of carbonyl (C=O) groups is 3. The quantitative estimate of drug-likeness (QED) is 0.132. The number of imidazole rings is 2. The third-order valence-corrected chi connectivity index (χ3v) is 11.6. The molecule has 3 amide bonds. The Morgan fingerprint density at radius 2 is 1.52 bits per heavy atom. The van der Waals surface area contributed by atoms with Gasteiger partial charge in [0.05, 0.1) is 36.8 Å². The summed E-state index contributed by atoms with van der Waals surface area (Å²) in [5.41, 5.74) is 6.48. The maximum Gasteiger partial charge on any atom is 0.410 e. The van der Waals surface area contributed by atoms with Crippen LogP contribution in [-0.4, -0.2) is 79.7 Å². The Kier molecular flexibility index (Phi) is 11.2. The Labute approximate surface area is 350 Å². The summed E-state index contributed by atoms with van der Waals surface area (Å²) < 4.78 is 10.6. The van der Waals surface area contributed by atoms with E-state index in [0.29, 0.717) is 13.1 Å². The van der Waals surface area contributed by atoms with Crippen LogP contribution in [0.3, 0.4) is 0 Å². The van der Waals surface area contributed by atoms with Gasteiger partial charge in [0.1, 0.15) is 23.3 Å². The molecule has 12 heteroatoms. The van der Waals surface area contributed by atoms with Crippen molar-refractivity contribution in [3.05, 3.63) is 121 Å². The summed E-state index contributed by atoms with van der Waals surface area (Å²) in [5.74, 6) is 1.43. The van der Waals surface area contributed by atoms with Gasteiger partial charge in [-0.05, 0) is 91.1 Å². The van der Waals surface area contributed by atoms with Crippen molar-refractivity contribution >= 4 is 28.9 Å². The predicted octanol–water partition coefficient (Wildman–Crippen LogP) is 9.80. The summed E-state index contributed by atoms with van der Waals surface area (Å²) in [6.45, 7) is 10.7. The van der Waals surface area contributed by atoms with Gasteiger partial charge < -0.3 is 29.7 Å². The molecule has 0 spiro atoms. The van der Waals surface area contributed by atoms with Gasteiger partial charge in [0, 0.05) is 30.8 Å². The number of fused-ring (bicyclic) bond motifs is 1. The van der Waals surface area contributed by atoms with Crippen molar-refractivity contribution in [1.29, 1.82) is 0 Å². The van der Waals surface area contributed by atoms with E-state index in [-0.39, 0.29) is 35.9 Å². The zero-order valence-corrected chi connectivity index (χ0v) is 35.1. The van der Waals surface area contributed by atoms with E-state index in [9.17, 15) is 14.4 Å². The fraction of sp³-hybridized carbons (Fsp3) is 0.354. The molecule has 2 aliphatic rings. The van der Waals surface area contributed by atoms with E-state index in [0.717, 1.165) is 75.3 Å². The number of nitrogens with zero attached hydrogens (tertiary/aromatic N) is 4. The smallest absolute Gasteiger partial charge is 0.410 e. The zero-order valence-electron chi connectivity index (χ0n) is 35.1. The maximum atomic E-state index is 13.6. The Balaban J connectivity index is 0.959. The fourth-order valence-corrected chi connectivity index (χ4v) is 8.51. The molecule has 4 heterocycles. The van der Waals surface area contributed by atoms with Gasteiger partial charge in [0.15, 0.2) is 0 Å². The largest absolute Gasteiger partial charge is 0.453 e. The number of hydrogen-bond donors (Lipinski definition) is 3. The van der Waals surface area contributed by atoms with Crippen LogP contribution >= 0.6 is 0 Å². The first-order valence-corrected chi connectivity index (χ1v) is 20.8. The average Bonchev–Trinajstić information content (AvgIpc) is 4.08. The van der Waals surface area contributed by atoms with Crippen molar-refractivity contribution in [1.82, 2.24) is 35.1 Å². The normalized spacial score (nSPS) is 18.6. The Morgan fingerprint density at radius 1 is 0.833 bits per heavy atom. The molecule has 2 fully saturated rings. The van der Waals surface area contributed by atoms with Crippen LogP contribution in [0.5, 0.6) is 0 Å². The van der Waals surface area contributed by atoms with Gasteiger partial charge >= 0.3 is 12.2 Å². The van der Waals surface area contributed by atoms with Gasteiger partial charge in [0.2, 0.25) is 5.91 Å². The molecular formula is C48H53N7O5. The highest BCUT2D eigenvalue weighted by molar-refractivity contribution is 5.91. The van der Waals surface area contributed by atoms with Gasteiger partial charge in [-0.15, -0.1) is 0 Å². The number of methoxy groups -OCH3 is 1. The van der Waals surface area contributed by atoms with Crippen LogP contribution in [-0.2, 0) is 14.3 Å². The first-order chi connectivity index (χ1) is 28.8. The second kappa shape index (κ2) is 16.7. The van der Waals surface area contributed by atoms with Gasteiger partial charge in [-0.1, -0.05) is 92.7 Å². The molecule has 0 radical (unpaired) electrons. The molecule has 8 rings (SSSR count). The first kappa shape index (κ1) is 40.4. The first-order valence-electron chi connectivity index (χ1n) is 20.8. The Morgan fingerprint density at radius 3 is 2.22 bits per heavy atom. The van der Waals surface area contributed by atoms with Gasteiger partial charge in [0.25, 0.3) is 0 Å². The minimum Gasteiger partial charge on any atom is -0.453 e. The summed E-state index contributed by atoms with van der Waals surface area (Å²) >= 11 is 0. The number of rotatable bonds is 9. The molecular weight excluding hydrogens is 755 g/mol. The van der Waals surface area contributed by atoms with Crippen molar-refractivity contribution in [2.75, 3.05) is 20.2 Å². The number of alkyl carbamates (subject to hydrolysis) is 1.